The Labute approximate surface area is 124 Å². The number of nitrogens with one attached hydrogen (secondary N) is 2. The maximum Gasteiger partial charge on any atom is 0.303 e. The summed E-state index contributed by atoms with van der Waals surface area (Å²) in [5.41, 5.74) is 0.869. The predicted molar refractivity (Wildman–Crippen MR) is 82.2 cm³/mol. The molecule has 0 saturated carbocycles. The average Bonchev–Trinajstić information content (AvgIpc) is 2.88. The van der Waals surface area contributed by atoms with Crippen molar-refractivity contribution in [3.63, 3.8) is 0 Å². The Balaban J connectivity index is 2.02. The highest BCUT2D eigenvalue weighted by Gasteiger charge is 2.24. The van der Waals surface area contributed by atoms with Crippen LogP contribution in [-0.4, -0.2) is 37.3 Å². The Morgan fingerprint density at radius 1 is 1.40 bits per heavy atom. The summed E-state index contributed by atoms with van der Waals surface area (Å²) in [6, 6.07) is 0.129. The molecule has 1 aromatic rings. The van der Waals surface area contributed by atoms with Crippen LogP contribution in [0.4, 0.5) is 5.13 Å². The molecule has 6 nitrogen and oxygen atoms in total. The number of thiazole rings is 1. The summed E-state index contributed by atoms with van der Waals surface area (Å²) in [6.45, 7) is 6.10. The summed E-state index contributed by atoms with van der Waals surface area (Å²) >= 11 is 1.33. The summed E-state index contributed by atoms with van der Waals surface area (Å²) in [5, 5.41) is 5.59. The third-order valence-corrected chi connectivity index (χ3v) is 5.75. The Bertz CT molecular complexity index is 523. The average molecular weight is 318 g/mol. The summed E-state index contributed by atoms with van der Waals surface area (Å²) in [5.74, 6) is 0. The smallest absolute Gasteiger partial charge is 0.303 e. The molecule has 2 rings (SSSR count). The molecule has 8 heteroatoms. The maximum atomic E-state index is 12.2. The number of hydrogen-bond donors (Lipinski definition) is 2. The fourth-order valence-corrected chi connectivity index (χ4v) is 4.51. The van der Waals surface area contributed by atoms with Crippen molar-refractivity contribution in [3.05, 3.63) is 11.1 Å². The van der Waals surface area contributed by atoms with Gasteiger partial charge in [-0.3, -0.25) is 0 Å². The first kappa shape index (κ1) is 15.7. The first-order valence-electron chi connectivity index (χ1n) is 6.99. The minimum Gasteiger partial charge on any atom is -0.309 e. The lowest BCUT2D eigenvalue weighted by Crippen LogP contribution is -2.39. The topological polar surface area (TPSA) is 74.3 Å². The molecule has 1 atom stereocenters. The highest BCUT2D eigenvalue weighted by molar-refractivity contribution is 7.90. The van der Waals surface area contributed by atoms with Gasteiger partial charge in [0, 0.05) is 24.5 Å². The Morgan fingerprint density at radius 3 is 2.75 bits per heavy atom. The van der Waals surface area contributed by atoms with Crippen molar-refractivity contribution in [3.8, 4) is 0 Å². The van der Waals surface area contributed by atoms with Gasteiger partial charge < -0.3 is 5.32 Å². The summed E-state index contributed by atoms with van der Waals surface area (Å²) in [4.78, 5) is 4.35. The minimum atomic E-state index is -3.45. The lowest BCUT2D eigenvalue weighted by molar-refractivity contribution is 0.349. The molecule has 0 radical (unpaired) electrons. The van der Waals surface area contributed by atoms with E-state index in [1.54, 1.807) is 0 Å². The van der Waals surface area contributed by atoms with Gasteiger partial charge in [-0.25, -0.2) is 9.71 Å². The highest BCUT2D eigenvalue weighted by Crippen LogP contribution is 2.23. The first-order valence-corrected chi connectivity index (χ1v) is 9.31. The fourth-order valence-electron chi connectivity index (χ4n) is 2.22. The fraction of sp³-hybridized carbons (Fsp3) is 0.750. The van der Waals surface area contributed by atoms with Gasteiger partial charge in [0.1, 0.15) is 0 Å². The van der Waals surface area contributed by atoms with Crippen molar-refractivity contribution in [2.45, 2.75) is 39.2 Å². The molecule has 2 heterocycles. The largest absolute Gasteiger partial charge is 0.309 e. The molecule has 0 spiro atoms. The molecule has 1 unspecified atom stereocenters. The van der Waals surface area contributed by atoms with Crippen molar-refractivity contribution in [1.29, 1.82) is 0 Å². The van der Waals surface area contributed by atoms with Crippen LogP contribution in [-0.2, 0) is 10.2 Å². The van der Waals surface area contributed by atoms with Crippen LogP contribution in [0.1, 0.15) is 44.8 Å². The first-order chi connectivity index (χ1) is 9.53. The number of nitrogens with zero attached hydrogens (tertiary/aromatic N) is 2. The molecular formula is C12H22N4O2S2. The SMILES string of the molecule is CCNC(C)c1csc(NS(=O)(=O)N2CCCCC2)n1. The van der Waals surface area contributed by atoms with Crippen LogP contribution in [0.5, 0.6) is 0 Å². The van der Waals surface area contributed by atoms with E-state index in [0.29, 0.717) is 18.2 Å². The zero-order chi connectivity index (χ0) is 14.6. The maximum absolute atomic E-state index is 12.2. The van der Waals surface area contributed by atoms with Crippen LogP contribution in [0.3, 0.4) is 0 Å². The molecule has 1 aromatic heterocycles. The number of hydrogen-bond acceptors (Lipinski definition) is 5. The van der Waals surface area contributed by atoms with Crippen molar-refractivity contribution in [2.24, 2.45) is 0 Å². The van der Waals surface area contributed by atoms with E-state index in [1.165, 1.54) is 15.6 Å². The van der Waals surface area contributed by atoms with Gasteiger partial charge in [-0.15, -0.1) is 11.3 Å². The van der Waals surface area contributed by atoms with E-state index in [-0.39, 0.29) is 6.04 Å². The molecule has 114 valence electrons. The number of anilines is 1. The zero-order valence-corrected chi connectivity index (χ0v) is 13.6. The molecule has 1 fully saturated rings. The third kappa shape index (κ3) is 3.91. The lowest BCUT2D eigenvalue weighted by Gasteiger charge is -2.25. The van der Waals surface area contributed by atoms with Crippen LogP contribution in [0, 0.1) is 0 Å². The Morgan fingerprint density at radius 2 is 2.10 bits per heavy atom. The zero-order valence-electron chi connectivity index (χ0n) is 11.9. The Kier molecular flexibility index (Phi) is 5.36. The van der Waals surface area contributed by atoms with Crippen molar-refractivity contribution >= 4 is 26.7 Å². The van der Waals surface area contributed by atoms with Gasteiger partial charge >= 0.3 is 10.2 Å². The molecule has 0 bridgehead atoms. The van der Waals surface area contributed by atoms with Crippen LogP contribution in [0.25, 0.3) is 0 Å². The van der Waals surface area contributed by atoms with E-state index < -0.39 is 10.2 Å². The van der Waals surface area contributed by atoms with E-state index in [0.717, 1.165) is 31.5 Å². The molecule has 0 aromatic carbocycles. The monoisotopic (exact) mass is 318 g/mol. The molecule has 1 saturated heterocycles. The van der Waals surface area contributed by atoms with Gasteiger partial charge in [-0.1, -0.05) is 13.3 Å². The van der Waals surface area contributed by atoms with Gasteiger partial charge in [0.05, 0.1) is 5.69 Å². The van der Waals surface area contributed by atoms with Gasteiger partial charge in [0.2, 0.25) is 0 Å². The van der Waals surface area contributed by atoms with Crippen molar-refractivity contribution in [2.75, 3.05) is 24.4 Å². The van der Waals surface area contributed by atoms with E-state index in [2.05, 4.69) is 15.0 Å². The van der Waals surface area contributed by atoms with E-state index in [4.69, 9.17) is 0 Å². The quantitative estimate of drug-likeness (QED) is 0.841. The Hall–Kier alpha value is -0.700. The number of rotatable bonds is 6. The minimum absolute atomic E-state index is 0.129. The summed E-state index contributed by atoms with van der Waals surface area (Å²) in [7, 11) is -3.45. The second kappa shape index (κ2) is 6.84. The molecule has 1 aliphatic rings. The second-order valence-electron chi connectivity index (χ2n) is 4.92. The van der Waals surface area contributed by atoms with E-state index in [9.17, 15) is 8.42 Å². The van der Waals surface area contributed by atoms with Gasteiger partial charge in [0.15, 0.2) is 5.13 Å². The number of aromatic nitrogens is 1. The molecule has 2 N–H and O–H groups in total. The van der Waals surface area contributed by atoms with Gasteiger partial charge in [0.25, 0.3) is 0 Å². The number of piperidine rings is 1. The molecular weight excluding hydrogens is 296 g/mol. The van der Waals surface area contributed by atoms with Gasteiger partial charge in [-0.05, 0) is 26.3 Å². The van der Waals surface area contributed by atoms with E-state index in [1.807, 2.05) is 19.2 Å². The molecule has 0 amide bonds. The lowest BCUT2D eigenvalue weighted by atomic mass is 10.2. The van der Waals surface area contributed by atoms with Crippen molar-refractivity contribution < 1.29 is 8.42 Å². The molecule has 1 aliphatic heterocycles. The van der Waals surface area contributed by atoms with Crippen molar-refractivity contribution in [1.82, 2.24) is 14.6 Å². The predicted octanol–water partition coefficient (Wildman–Crippen LogP) is 1.96. The summed E-state index contributed by atoms with van der Waals surface area (Å²) in [6.07, 6.45) is 2.97. The standard InChI is InChI=1S/C12H22N4O2S2/c1-3-13-10(2)11-9-19-12(14-11)15-20(17,18)16-7-5-4-6-8-16/h9-10,13H,3-8H2,1-2H3,(H,14,15). The summed E-state index contributed by atoms with van der Waals surface area (Å²) < 4.78 is 28.5. The van der Waals surface area contributed by atoms with Crippen LogP contribution in [0.2, 0.25) is 0 Å². The van der Waals surface area contributed by atoms with Crippen LogP contribution < -0.4 is 10.0 Å². The van der Waals surface area contributed by atoms with Crippen LogP contribution >= 0.6 is 11.3 Å². The normalized spacial score (nSPS) is 18.9. The molecule has 0 aliphatic carbocycles. The highest BCUT2D eigenvalue weighted by atomic mass is 32.2. The third-order valence-electron chi connectivity index (χ3n) is 3.35. The van der Waals surface area contributed by atoms with Crippen LogP contribution in [0.15, 0.2) is 5.38 Å². The van der Waals surface area contributed by atoms with E-state index >= 15 is 0 Å². The second-order valence-corrected chi connectivity index (χ2v) is 7.45. The molecule has 20 heavy (non-hydrogen) atoms. The van der Waals surface area contributed by atoms with Gasteiger partial charge in [-0.2, -0.15) is 12.7 Å².